The Hall–Kier alpha value is -1.39. The molecule has 1 aromatic heterocycles. The van der Waals surface area contributed by atoms with Gasteiger partial charge in [-0.3, -0.25) is 9.89 Å². The Kier molecular flexibility index (Phi) is 4.33. The molecule has 1 heterocycles. The van der Waals surface area contributed by atoms with Gasteiger partial charge in [0.25, 0.3) is 0 Å². The first-order valence-electron chi connectivity index (χ1n) is 6.83. The molecule has 1 saturated carbocycles. The van der Waals surface area contributed by atoms with Crippen LogP contribution in [-0.2, 0) is 11.2 Å². The number of aryl methyl sites for hydroxylation is 1. The number of nitrogens with zero attached hydrogens (tertiary/aromatic N) is 2. The molecule has 0 radical (unpaired) electrons. The number of H-pyrrole nitrogens is 1. The molecular weight excluding hydrogens is 228 g/mol. The Morgan fingerprint density at radius 1 is 1.44 bits per heavy atom. The fourth-order valence-electron chi connectivity index (χ4n) is 2.58. The van der Waals surface area contributed by atoms with Crippen molar-refractivity contribution in [3.05, 3.63) is 12.2 Å². The van der Waals surface area contributed by atoms with E-state index < -0.39 is 0 Å². The van der Waals surface area contributed by atoms with Crippen LogP contribution in [0.3, 0.4) is 0 Å². The maximum Gasteiger partial charge on any atom is 0.225 e. The summed E-state index contributed by atoms with van der Waals surface area (Å²) in [6, 6.07) is 0. The molecule has 1 aromatic rings. The summed E-state index contributed by atoms with van der Waals surface area (Å²) < 4.78 is 0. The Morgan fingerprint density at radius 2 is 2.22 bits per heavy atom. The molecule has 1 aliphatic rings. The zero-order chi connectivity index (χ0) is 12.8. The van der Waals surface area contributed by atoms with Gasteiger partial charge in [-0.05, 0) is 19.3 Å². The fraction of sp³-hybridized carbons (Fsp3) is 0.769. The van der Waals surface area contributed by atoms with Crippen molar-refractivity contribution in [3.8, 4) is 0 Å². The number of amides is 1. The van der Waals surface area contributed by atoms with E-state index >= 15 is 0 Å². The lowest BCUT2D eigenvalue weighted by Gasteiger charge is -2.32. The van der Waals surface area contributed by atoms with E-state index in [-0.39, 0.29) is 11.3 Å². The molecule has 18 heavy (non-hydrogen) atoms. The van der Waals surface area contributed by atoms with E-state index in [1.54, 1.807) is 0 Å². The Labute approximate surface area is 108 Å². The minimum atomic E-state index is -0.134. The van der Waals surface area contributed by atoms with E-state index in [0.29, 0.717) is 0 Å². The van der Waals surface area contributed by atoms with Gasteiger partial charge in [-0.15, -0.1) is 0 Å². The second-order valence-corrected chi connectivity index (χ2v) is 5.41. The summed E-state index contributed by atoms with van der Waals surface area (Å²) >= 11 is 0. The number of aromatic nitrogens is 3. The van der Waals surface area contributed by atoms with Crippen LogP contribution in [0, 0.1) is 5.41 Å². The molecule has 5 nitrogen and oxygen atoms in total. The highest BCUT2D eigenvalue weighted by Gasteiger charge is 2.33. The molecule has 1 fully saturated rings. The third kappa shape index (κ3) is 3.31. The molecule has 100 valence electrons. The third-order valence-corrected chi connectivity index (χ3v) is 3.85. The van der Waals surface area contributed by atoms with Crippen molar-refractivity contribution in [1.82, 2.24) is 20.5 Å². The number of rotatable bonds is 5. The highest BCUT2D eigenvalue weighted by Crippen LogP contribution is 2.35. The average molecular weight is 250 g/mol. The Balaban J connectivity index is 1.68. The monoisotopic (exact) mass is 250 g/mol. The molecule has 2 rings (SSSR count). The number of hydrogen-bond donors (Lipinski definition) is 2. The van der Waals surface area contributed by atoms with Gasteiger partial charge in [0.1, 0.15) is 12.2 Å². The van der Waals surface area contributed by atoms with Gasteiger partial charge < -0.3 is 5.32 Å². The molecule has 0 saturated heterocycles. The first-order valence-corrected chi connectivity index (χ1v) is 6.83. The van der Waals surface area contributed by atoms with Crippen LogP contribution in [0.5, 0.6) is 0 Å². The van der Waals surface area contributed by atoms with Crippen LogP contribution in [0.4, 0.5) is 0 Å². The summed E-state index contributed by atoms with van der Waals surface area (Å²) in [5.41, 5.74) is -0.134. The molecule has 0 bridgehead atoms. The Bertz CT molecular complexity index is 368. The van der Waals surface area contributed by atoms with E-state index in [2.05, 4.69) is 27.4 Å². The van der Waals surface area contributed by atoms with Gasteiger partial charge >= 0.3 is 0 Å². The van der Waals surface area contributed by atoms with Crippen molar-refractivity contribution in [2.24, 2.45) is 5.41 Å². The molecule has 5 heteroatoms. The topological polar surface area (TPSA) is 70.7 Å². The lowest BCUT2D eigenvalue weighted by molar-refractivity contribution is -0.131. The molecule has 1 aliphatic carbocycles. The van der Waals surface area contributed by atoms with Crippen molar-refractivity contribution < 1.29 is 4.79 Å². The molecule has 2 N–H and O–H groups in total. The van der Waals surface area contributed by atoms with Crippen molar-refractivity contribution in [2.75, 3.05) is 6.54 Å². The van der Waals surface area contributed by atoms with Gasteiger partial charge in [0.05, 0.1) is 0 Å². The second kappa shape index (κ2) is 5.98. The van der Waals surface area contributed by atoms with E-state index in [9.17, 15) is 4.79 Å². The average Bonchev–Trinajstić information content (AvgIpc) is 2.88. The lowest BCUT2D eigenvalue weighted by atomic mass is 9.75. The molecule has 0 unspecified atom stereocenters. The summed E-state index contributed by atoms with van der Waals surface area (Å²) in [5, 5.41) is 9.67. The van der Waals surface area contributed by atoms with Gasteiger partial charge in [-0.1, -0.05) is 26.2 Å². The molecular formula is C13H22N4O. The number of aromatic amines is 1. The summed E-state index contributed by atoms with van der Waals surface area (Å²) in [5.74, 6) is 1.10. The lowest BCUT2D eigenvalue weighted by Crippen LogP contribution is -2.40. The SMILES string of the molecule is CC1(C(=O)NCCCc2ncn[nH]2)CCCCC1. The van der Waals surface area contributed by atoms with Crippen molar-refractivity contribution in [2.45, 2.75) is 51.9 Å². The van der Waals surface area contributed by atoms with Crippen molar-refractivity contribution in [3.63, 3.8) is 0 Å². The zero-order valence-corrected chi connectivity index (χ0v) is 11.0. The molecule has 0 atom stereocenters. The van der Waals surface area contributed by atoms with Crippen LogP contribution in [0.1, 0.15) is 51.3 Å². The van der Waals surface area contributed by atoms with Crippen LogP contribution in [0.15, 0.2) is 6.33 Å². The number of hydrogen-bond acceptors (Lipinski definition) is 3. The first-order chi connectivity index (χ1) is 8.71. The van der Waals surface area contributed by atoms with E-state index in [0.717, 1.165) is 38.1 Å². The summed E-state index contributed by atoms with van der Waals surface area (Å²) in [7, 11) is 0. The number of carbonyl (C=O) groups excluding carboxylic acids is 1. The highest BCUT2D eigenvalue weighted by atomic mass is 16.2. The number of carbonyl (C=O) groups is 1. The summed E-state index contributed by atoms with van der Waals surface area (Å²) in [6.07, 6.45) is 8.94. The minimum Gasteiger partial charge on any atom is -0.356 e. The van der Waals surface area contributed by atoms with Crippen molar-refractivity contribution >= 4 is 5.91 Å². The summed E-state index contributed by atoms with van der Waals surface area (Å²) in [6.45, 7) is 2.81. The van der Waals surface area contributed by atoms with Crippen LogP contribution >= 0.6 is 0 Å². The van der Waals surface area contributed by atoms with Gasteiger partial charge in [0.2, 0.25) is 5.91 Å². The van der Waals surface area contributed by atoms with Gasteiger partial charge in [-0.25, -0.2) is 4.98 Å². The van der Waals surface area contributed by atoms with Crippen LogP contribution in [0.25, 0.3) is 0 Å². The molecule has 0 aliphatic heterocycles. The standard InChI is InChI=1S/C13H22N4O/c1-13(7-3-2-4-8-13)12(18)14-9-5-6-11-15-10-16-17-11/h10H,2-9H2,1H3,(H,14,18)(H,15,16,17). The predicted octanol–water partition coefficient (Wildman–Crippen LogP) is 1.82. The summed E-state index contributed by atoms with van der Waals surface area (Å²) in [4.78, 5) is 16.2. The largest absolute Gasteiger partial charge is 0.356 e. The molecule has 0 aromatic carbocycles. The third-order valence-electron chi connectivity index (χ3n) is 3.85. The maximum atomic E-state index is 12.1. The second-order valence-electron chi connectivity index (χ2n) is 5.41. The van der Waals surface area contributed by atoms with Crippen molar-refractivity contribution in [1.29, 1.82) is 0 Å². The van der Waals surface area contributed by atoms with Crippen LogP contribution in [0.2, 0.25) is 0 Å². The maximum absolute atomic E-state index is 12.1. The van der Waals surface area contributed by atoms with Gasteiger partial charge in [0, 0.05) is 18.4 Å². The fourth-order valence-corrected chi connectivity index (χ4v) is 2.58. The predicted molar refractivity (Wildman–Crippen MR) is 68.9 cm³/mol. The van der Waals surface area contributed by atoms with E-state index in [4.69, 9.17) is 0 Å². The van der Waals surface area contributed by atoms with Gasteiger partial charge in [-0.2, -0.15) is 5.10 Å². The Morgan fingerprint density at radius 3 is 2.89 bits per heavy atom. The zero-order valence-electron chi connectivity index (χ0n) is 11.0. The van der Waals surface area contributed by atoms with E-state index in [1.165, 1.54) is 25.6 Å². The normalized spacial score (nSPS) is 18.5. The van der Waals surface area contributed by atoms with Crippen LogP contribution in [-0.4, -0.2) is 27.6 Å². The smallest absolute Gasteiger partial charge is 0.225 e. The molecule has 1 amide bonds. The molecule has 0 spiro atoms. The van der Waals surface area contributed by atoms with Gasteiger partial charge in [0.15, 0.2) is 0 Å². The highest BCUT2D eigenvalue weighted by molar-refractivity contribution is 5.82. The quantitative estimate of drug-likeness (QED) is 0.783. The van der Waals surface area contributed by atoms with Crippen LogP contribution < -0.4 is 5.32 Å². The minimum absolute atomic E-state index is 0.134. The first kappa shape index (κ1) is 13.1. The van der Waals surface area contributed by atoms with E-state index in [1.807, 2.05) is 0 Å². The number of nitrogens with one attached hydrogen (secondary N) is 2.